The second-order valence-corrected chi connectivity index (χ2v) is 3.21. The van der Waals surface area contributed by atoms with Crippen molar-refractivity contribution in [2.45, 2.75) is 19.3 Å². The SMILES string of the molecule is c1ccc2c(c1)CCC2.c1conn1. The summed E-state index contributed by atoms with van der Waals surface area (Å²) >= 11 is 0. The number of aromatic nitrogens is 2. The third kappa shape index (κ3) is 2.19. The molecule has 2 aromatic rings. The van der Waals surface area contributed by atoms with Gasteiger partial charge < -0.3 is 4.52 Å². The zero-order chi connectivity index (χ0) is 9.64. The van der Waals surface area contributed by atoms with Crippen molar-refractivity contribution < 1.29 is 4.52 Å². The summed E-state index contributed by atoms with van der Waals surface area (Å²) in [4.78, 5) is 0. The monoisotopic (exact) mass is 188 g/mol. The van der Waals surface area contributed by atoms with Crippen LogP contribution in [0, 0.1) is 0 Å². The fraction of sp³-hybridized carbons (Fsp3) is 0.273. The van der Waals surface area contributed by atoms with E-state index in [0.29, 0.717) is 0 Å². The first-order valence-corrected chi connectivity index (χ1v) is 4.74. The van der Waals surface area contributed by atoms with Crippen LogP contribution in [0.15, 0.2) is 41.2 Å². The molecule has 0 unspecified atom stereocenters. The van der Waals surface area contributed by atoms with Crippen LogP contribution in [-0.4, -0.2) is 10.4 Å². The summed E-state index contributed by atoms with van der Waals surface area (Å²) < 4.78 is 4.22. The van der Waals surface area contributed by atoms with Gasteiger partial charge in [0.25, 0.3) is 0 Å². The Balaban J connectivity index is 0.000000128. The number of rotatable bonds is 0. The molecule has 3 rings (SSSR count). The molecule has 0 saturated heterocycles. The zero-order valence-corrected chi connectivity index (χ0v) is 7.89. The van der Waals surface area contributed by atoms with Crippen molar-refractivity contribution >= 4 is 0 Å². The molecule has 14 heavy (non-hydrogen) atoms. The fourth-order valence-electron chi connectivity index (χ4n) is 1.65. The van der Waals surface area contributed by atoms with E-state index in [2.05, 4.69) is 39.2 Å². The van der Waals surface area contributed by atoms with E-state index >= 15 is 0 Å². The number of fused-ring (bicyclic) bond motifs is 1. The van der Waals surface area contributed by atoms with E-state index in [1.807, 2.05) is 0 Å². The molecule has 3 heteroatoms. The van der Waals surface area contributed by atoms with Crippen molar-refractivity contribution in [1.82, 2.24) is 10.4 Å². The van der Waals surface area contributed by atoms with Crippen molar-refractivity contribution in [3.05, 3.63) is 47.9 Å². The molecule has 0 saturated carbocycles. The summed E-state index contributed by atoms with van der Waals surface area (Å²) in [5.41, 5.74) is 3.13. The van der Waals surface area contributed by atoms with Crippen LogP contribution < -0.4 is 0 Å². The lowest BCUT2D eigenvalue weighted by molar-refractivity contribution is 0.393. The van der Waals surface area contributed by atoms with Crippen molar-refractivity contribution in [3.63, 3.8) is 0 Å². The van der Waals surface area contributed by atoms with Gasteiger partial charge in [-0.1, -0.05) is 24.3 Å². The second-order valence-electron chi connectivity index (χ2n) is 3.21. The van der Waals surface area contributed by atoms with Gasteiger partial charge in [-0.15, -0.1) is 5.10 Å². The van der Waals surface area contributed by atoms with Gasteiger partial charge in [0.15, 0.2) is 0 Å². The maximum Gasteiger partial charge on any atom is 0.144 e. The van der Waals surface area contributed by atoms with E-state index in [1.54, 1.807) is 11.1 Å². The third-order valence-electron chi connectivity index (χ3n) is 2.29. The van der Waals surface area contributed by atoms with E-state index in [4.69, 9.17) is 0 Å². The van der Waals surface area contributed by atoms with E-state index in [0.717, 1.165) is 0 Å². The van der Waals surface area contributed by atoms with Crippen molar-refractivity contribution in [2.75, 3.05) is 0 Å². The predicted octanol–water partition coefficient (Wildman–Crippen LogP) is 2.24. The summed E-state index contributed by atoms with van der Waals surface area (Å²) in [6.07, 6.45) is 6.84. The minimum atomic E-state index is 1.30. The third-order valence-corrected chi connectivity index (χ3v) is 2.29. The van der Waals surface area contributed by atoms with Gasteiger partial charge in [0.05, 0.1) is 6.20 Å². The van der Waals surface area contributed by atoms with Gasteiger partial charge in [-0.2, -0.15) is 0 Å². The first kappa shape index (κ1) is 8.94. The van der Waals surface area contributed by atoms with Crippen LogP contribution in [0.1, 0.15) is 17.5 Å². The Bertz CT molecular complexity index is 330. The first-order valence-electron chi connectivity index (χ1n) is 4.74. The predicted molar refractivity (Wildman–Crippen MR) is 52.8 cm³/mol. The Morgan fingerprint density at radius 2 is 1.79 bits per heavy atom. The zero-order valence-electron chi connectivity index (χ0n) is 7.89. The molecule has 0 N–H and O–H groups in total. The number of hydrogen-bond donors (Lipinski definition) is 0. The first-order chi connectivity index (χ1) is 6.97. The largest absolute Gasteiger partial charge is 0.346 e. The van der Waals surface area contributed by atoms with Gasteiger partial charge in [0, 0.05) is 5.27 Å². The molecule has 0 amide bonds. The van der Waals surface area contributed by atoms with Gasteiger partial charge in [-0.05, 0) is 30.4 Å². The molecule has 1 aromatic heterocycles. The maximum absolute atomic E-state index is 4.22. The molecule has 1 aliphatic carbocycles. The van der Waals surface area contributed by atoms with Crippen LogP contribution in [0.4, 0.5) is 0 Å². The molecular weight excluding hydrogens is 176 g/mol. The Kier molecular flexibility index (Phi) is 2.91. The van der Waals surface area contributed by atoms with E-state index in [-0.39, 0.29) is 0 Å². The maximum atomic E-state index is 4.22. The van der Waals surface area contributed by atoms with Gasteiger partial charge in [-0.25, -0.2) is 0 Å². The molecule has 1 heterocycles. The lowest BCUT2D eigenvalue weighted by Gasteiger charge is -1.93. The highest BCUT2D eigenvalue weighted by molar-refractivity contribution is 5.30. The summed E-state index contributed by atoms with van der Waals surface area (Å²) in [5, 5.41) is 6.40. The highest BCUT2D eigenvalue weighted by atomic mass is 16.5. The van der Waals surface area contributed by atoms with Crippen LogP contribution in [-0.2, 0) is 12.8 Å². The summed E-state index contributed by atoms with van der Waals surface area (Å²) in [6, 6.07) is 8.74. The Morgan fingerprint density at radius 1 is 1.07 bits per heavy atom. The van der Waals surface area contributed by atoms with Crippen molar-refractivity contribution in [2.24, 2.45) is 0 Å². The lowest BCUT2D eigenvalue weighted by atomic mass is 10.1. The minimum Gasteiger partial charge on any atom is -0.346 e. The minimum absolute atomic E-state index is 1.30. The van der Waals surface area contributed by atoms with E-state index in [1.165, 1.54) is 31.7 Å². The summed E-state index contributed by atoms with van der Waals surface area (Å²) in [6.45, 7) is 0. The van der Waals surface area contributed by atoms with Gasteiger partial charge in [-0.3, -0.25) is 0 Å². The van der Waals surface area contributed by atoms with E-state index < -0.39 is 0 Å². The molecule has 0 aliphatic heterocycles. The van der Waals surface area contributed by atoms with Crippen LogP contribution in [0.25, 0.3) is 0 Å². The average molecular weight is 188 g/mol. The number of hydrogen-bond acceptors (Lipinski definition) is 3. The Hall–Kier alpha value is -1.64. The smallest absolute Gasteiger partial charge is 0.144 e. The number of benzene rings is 1. The fourth-order valence-corrected chi connectivity index (χ4v) is 1.65. The number of nitrogens with zero attached hydrogens (tertiary/aromatic N) is 2. The van der Waals surface area contributed by atoms with Crippen molar-refractivity contribution in [3.8, 4) is 0 Å². The molecule has 3 nitrogen and oxygen atoms in total. The topological polar surface area (TPSA) is 38.9 Å². The summed E-state index contributed by atoms with van der Waals surface area (Å²) in [7, 11) is 0. The molecule has 0 spiro atoms. The van der Waals surface area contributed by atoms with Gasteiger partial charge in [0.2, 0.25) is 0 Å². The lowest BCUT2D eigenvalue weighted by Crippen LogP contribution is -1.77. The van der Waals surface area contributed by atoms with Crippen LogP contribution in [0.3, 0.4) is 0 Å². The molecule has 0 bridgehead atoms. The van der Waals surface area contributed by atoms with Crippen LogP contribution in [0.5, 0.6) is 0 Å². The van der Waals surface area contributed by atoms with Crippen LogP contribution >= 0.6 is 0 Å². The van der Waals surface area contributed by atoms with Gasteiger partial charge >= 0.3 is 0 Å². The average Bonchev–Trinajstić information content (AvgIpc) is 2.92. The highest BCUT2D eigenvalue weighted by Gasteiger charge is 2.07. The molecule has 0 radical (unpaired) electrons. The second kappa shape index (κ2) is 4.56. The summed E-state index contributed by atoms with van der Waals surface area (Å²) in [5.74, 6) is 0. The molecule has 0 atom stereocenters. The Morgan fingerprint density at radius 3 is 2.21 bits per heavy atom. The highest BCUT2D eigenvalue weighted by Crippen LogP contribution is 2.20. The molecule has 72 valence electrons. The Labute approximate surface area is 82.7 Å². The normalized spacial score (nSPS) is 12.9. The standard InChI is InChI=1S/C9H10.C2H2N2O/c1-2-5-9-7-3-6-8(9)4-1;1-2-5-4-3-1/h1-2,4-5H,3,6-7H2;1-2H. The van der Waals surface area contributed by atoms with Gasteiger partial charge in [0.1, 0.15) is 6.26 Å². The molecule has 0 fully saturated rings. The molecular formula is C11H12N2O. The van der Waals surface area contributed by atoms with Crippen LogP contribution in [0.2, 0.25) is 0 Å². The number of aryl methyl sites for hydroxylation is 2. The molecule has 1 aliphatic rings. The molecule has 1 aromatic carbocycles. The van der Waals surface area contributed by atoms with Crippen molar-refractivity contribution in [1.29, 1.82) is 0 Å². The quantitative estimate of drug-likeness (QED) is 0.636. The van der Waals surface area contributed by atoms with E-state index in [9.17, 15) is 0 Å².